The molecule has 0 fully saturated rings. The standard InChI is InChI=1S/C13H13N3O3/c1-8-5-11(18)16(13(19)12(8)15-7-17)10-4-2-3-9(14)6-10/h2-7,18H,14H2,1H3,(H,15,17). The molecule has 1 amide bonds. The number of carbonyl (C=O) groups is 1. The lowest BCUT2D eigenvalue weighted by molar-refractivity contribution is -0.105. The number of rotatable bonds is 3. The van der Waals surface area contributed by atoms with Gasteiger partial charge in [-0.25, -0.2) is 4.57 Å². The maximum absolute atomic E-state index is 12.3. The first-order chi connectivity index (χ1) is 9.04. The van der Waals surface area contributed by atoms with Gasteiger partial charge >= 0.3 is 0 Å². The number of aryl methyl sites for hydroxylation is 1. The lowest BCUT2D eigenvalue weighted by Crippen LogP contribution is -2.23. The Morgan fingerprint density at radius 3 is 2.74 bits per heavy atom. The van der Waals surface area contributed by atoms with Gasteiger partial charge in [0, 0.05) is 11.8 Å². The van der Waals surface area contributed by atoms with Gasteiger partial charge in [-0.1, -0.05) is 6.07 Å². The molecule has 1 aromatic carbocycles. The van der Waals surface area contributed by atoms with E-state index in [9.17, 15) is 14.7 Å². The van der Waals surface area contributed by atoms with Crippen molar-refractivity contribution in [2.75, 3.05) is 11.1 Å². The lowest BCUT2D eigenvalue weighted by atomic mass is 10.2. The van der Waals surface area contributed by atoms with Gasteiger partial charge < -0.3 is 16.2 Å². The minimum atomic E-state index is -0.518. The summed E-state index contributed by atoms with van der Waals surface area (Å²) in [7, 11) is 0. The first-order valence-corrected chi connectivity index (χ1v) is 5.56. The van der Waals surface area contributed by atoms with E-state index in [-0.39, 0.29) is 11.6 Å². The number of aromatic hydroxyl groups is 1. The van der Waals surface area contributed by atoms with Crippen molar-refractivity contribution in [1.82, 2.24) is 4.57 Å². The lowest BCUT2D eigenvalue weighted by Gasteiger charge is -2.12. The summed E-state index contributed by atoms with van der Waals surface area (Å²) in [5.74, 6) is -0.218. The molecule has 4 N–H and O–H groups in total. The van der Waals surface area contributed by atoms with Crippen molar-refractivity contribution in [1.29, 1.82) is 0 Å². The second-order valence-corrected chi connectivity index (χ2v) is 4.06. The van der Waals surface area contributed by atoms with E-state index in [0.717, 1.165) is 4.57 Å². The highest BCUT2D eigenvalue weighted by Gasteiger charge is 2.13. The number of nitrogens with two attached hydrogens (primary N) is 1. The molecule has 0 bridgehead atoms. The maximum Gasteiger partial charge on any atom is 0.281 e. The van der Waals surface area contributed by atoms with Crippen LogP contribution in [0, 0.1) is 6.92 Å². The molecule has 6 heteroatoms. The molecule has 0 saturated carbocycles. The van der Waals surface area contributed by atoms with E-state index in [1.54, 1.807) is 31.2 Å². The van der Waals surface area contributed by atoms with Crippen molar-refractivity contribution in [2.24, 2.45) is 0 Å². The number of nitrogens with zero attached hydrogens (tertiary/aromatic N) is 1. The number of pyridine rings is 1. The third-order valence-corrected chi connectivity index (χ3v) is 2.72. The number of aromatic nitrogens is 1. The highest BCUT2D eigenvalue weighted by molar-refractivity contribution is 5.73. The number of hydrogen-bond acceptors (Lipinski definition) is 4. The van der Waals surface area contributed by atoms with E-state index in [1.165, 1.54) is 6.07 Å². The third-order valence-electron chi connectivity index (χ3n) is 2.72. The third kappa shape index (κ3) is 2.28. The zero-order chi connectivity index (χ0) is 14.0. The molecule has 0 unspecified atom stereocenters. The summed E-state index contributed by atoms with van der Waals surface area (Å²) in [5, 5.41) is 12.3. The van der Waals surface area contributed by atoms with Crippen LogP contribution in [0.25, 0.3) is 5.69 Å². The zero-order valence-electron chi connectivity index (χ0n) is 10.3. The number of nitrogen functional groups attached to an aromatic ring is 1. The fourth-order valence-electron chi connectivity index (χ4n) is 1.86. The minimum absolute atomic E-state index is 0.121. The van der Waals surface area contributed by atoms with E-state index in [4.69, 9.17) is 5.73 Å². The average molecular weight is 259 g/mol. The van der Waals surface area contributed by atoms with Crippen LogP contribution in [0.15, 0.2) is 35.1 Å². The van der Waals surface area contributed by atoms with Gasteiger partial charge in [0.2, 0.25) is 6.41 Å². The molecule has 0 radical (unpaired) electrons. The molecular weight excluding hydrogens is 246 g/mol. The first kappa shape index (κ1) is 12.7. The predicted octanol–water partition coefficient (Wildman–Crippen LogP) is 1.00. The number of benzene rings is 1. The first-order valence-electron chi connectivity index (χ1n) is 5.56. The Bertz CT molecular complexity index is 692. The van der Waals surface area contributed by atoms with Crippen LogP contribution in [0.2, 0.25) is 0 Å². The zero-order valence-corrected chi connectivity index (χ0v) is 10.3. The molecular formula is C13H13N3O3. The minimum Gasteiger partial charge on any atom is -0.494 e. The largest absolute Gasteiger partial charge is 0.494 e. The Labute approximate surface area is 109 Å². The maximum atomic E-state index is 12.3. The van der Waals surface area contributed by atoms with E-state index < -0.39 is 5.56 Å². The van der Waals surface area contributed by atoms with Gasteiger partial charge in [0.15, 0.2) is 5.88 Å². The van der Waals surface area contributed by atoms with Crippen molar-refractivity contribution in [3.8, 4) is 11.6 Å². The van der Waals surface area contributed by atoms with Crippen LogP contribution in [0.5, 0.6) is 5.88 Å². The van der Waals surface area contributed by atoms with Crippen LogP contribution in [-0.4, -0.2) is 16.1 Å². The van der Waals surface area contributed by atoms with E-state index in [1.807, 2.05) is 0 Å². The number of nitrogens with one attached hydrogen (secondary N) is 1. The Balaban J connectivity index is 2.73. The molecule has 0 saturated heterocycles. The van der Waals surface area contributed by atoms with Crippen molar-refractivity contribution in [3.63, 3.8) is 0 Å². The summed E-state index contributed by atoms with van der Waals surface area (Å²) in [6, 6.07) is 7.93. The van der Waals surface area contributed by atoms with E-state index in [0.29, 0.717) is 23.3 Å². The van der Waals surface area contributed by atoms with Crippen molar-refractivity contribution < 1.29 is 9.90 Å². The topological polar surface area (TPSA) is 97.3 Å². The Kier molecular flexibility index (Phi) is 3.24. The molecule has 98 valence electrons. The molecule has 2 rings (SSSR count). The van der Waals surface area contributed by atoms with Gasteiger partial charge in [0.25, 0.3) is 5.56 Å². The summed E-state index contributed by atoms with van der Waals surface area (Å²) < 4.78 is 1.08. The number of carbonyl (C=O) groups excluding carboxylic acids is 1. The quantitative estimate of drug-likeness (QED) is 0.566. The molecule has 0 aliphatic rings. The Morgan fingerprint density at radius 2 is 2.11 bits per heavy atom. The summed E-state index contributed by atoms with van der Waals surface area (Å²) >= 11 is 0. The summed E-state index contributed by atoms with van der Waals surface area (Å²) in [6.07, 6.45) is 0.421. The SMILES string of the molecule is Cc1cc(O)n(-c2cccc(N)c2)c(=O)c1NC=O. The van der Waals surface area contributed by atoms with Crippen LogP contribution >= 0.6 is 0 Å². The number of amides is 1. The Hall–Kier alpha value is -2.76. The Morgan fingerprint density at radius 1 is 1.37 bits per heavy atom. The summed E-state index contributed by atoms with van der Waals surface area (Å²) in [6.45, 7) is 1.62. The summed E-state index contributed by atoms with van der Waals surface area (Å²) in [5.41, 5.74) is 6.63. The van der Waals surface area contributed by atoms with Crippen LogP contribution in [0.1, 0.15) is 5.56 Å². The van der Waals surface area contributed by atoms with Crippen molar-refractivity contribution in [2.45, 2.75) is 6.92 Å². The highest BCUT2D eigenvalue weighted by atomic mass is 16.3. The molecule has 19 heavy (non-hydrogen) atoms. The molecule has 0 aliphatic heterocycles. The average Bonchev–Trinajstić information content (AvgIpc) is 2.34. The fourth-order valence-corrected chi connectivity index (χ4v) is 1.86. The molecule has 0 atom stereocenters. The smallest absolute Gasteiger partial charge is 0.281 e. The number of anilines is 2. The van der Waals surface area contributed by atoms with Gasteiger partial charge in [-0.3, -0.25) is 9.59 Å². The molecule has 1 aromatic heterocycles. The van der Waals surface area contributed by atoms with Gasteiger partial charge in [-0.2, -0.15) is 0 Å². The molecule has 2 aromatic rings. The molecule has 0 aliphatic carbocycles. The highest BCUT2D eigenvalue weighted by Crippen LogP contribution is 2.21. The van der Waals surface area contributed by atoms with Gasteiger partial charge in [0.05, 0.1) is 5.69 Å². The van der Waals surface area contributed by atoms with Crippen LogP contribution in [0.3, 0.4) is 0 Å². The summed E-state index contributed by atoms with van der Waals surface area (Å²) in [4.78, 5) is 22.8. The number of hydrogen-bond donors (Lipinski definition) is 3. The van der Waals surface area contributed by atoms with Gasteiger partial charge in [-0.15, -0.1) is 0 Å². The van der Waals surface area contributed by atoms with Gasteiger partial charge in [0.1, 0.15) is 5.69 Å². The van der Waals surface area contributed by atoms with Crippen molar-refractivity contribution in [3.05, 3.63) is 46.2 Å². The second-order valence-electron chi connectivity index (χ2n) is 4.06. The molecule has 6 nitrogen and oxygen atoms in total. The molecule has 0 spiro atoms. The molecule has 1 heterocycles. The predicted molar refractivity (Wildman–Crippen MR) is 72.5 cm³/mol. The van der Waals surface area contributed by atoms with E-state index in [2.05, 4.69) is 5.32 Å². The van der Waals surface area contributed by atoms with Crippen LogP contribution < -0.4 is 16.6 Å². The van der Waals surface area contributed by atoms with Crippen LogP contribution in [-0.2, 0) is 4.79 Å². The monoisotopic (exact) mass is 259 g/mol. The normalized spacial score (nSPS) is 10.2. The van der Waals surface area contributed by atoms with Crippen LogP contribution in [0.4, 0.5) is 11.4 Å². The van der Waals surface area contributed by atoms with E-state index >= 15 is 0 Å². The van der Waals surface area contributed by atoms with Crippen molar-refractivity contribution >= 4 is 17.8 Å². The second kappa shape index (κ2) is 4.85. The van der Waals surface area contributed by atoms with Gasteiger partial charge in [-0.05, 0) is 30.7 Å². The fraction of sp³-hybridized carbons (Fsp3) is 0.0769.